The second-order valence-electron chi connectivity index (χ2n) is 5.06. The minimum absolute atomic E-state index is 0.504. The Hall–Kier alpha value is -1.53. The Bertz CT molecular complexity index is 405. The molecule has 0 aliphatic heterocycles. The van der Waals surface area contributed by atoms with E-state index in [4.69, 9.17) is 0 Å². The van der Waals surface area contributed by atoms with E-state index in [-0.39, 0.29) is 0 Å². The number of nitrogens with zero attached hydrogens (tertiary/aromatic N) is 2. The largest absolute Gasteiger partial charge is 0.372 e. The van der Waals surface area contributed by atoms with E-state index in [0.29, 0.717) is 6.54 Å². The number of rotatable bonds is 6. The molecule has 0 aliphatic rings. The number of hydrogen-bond donors (Lipinski definition) is 1. The van der Waals surface area contributed by atoms with Crippen molar-refractivity contribution in [1.82, 2.24) is 5.32 Å². The van der Waals surface area contributed by atoms with Crippen LogP contribution in [0.15, 0.2) is 24.3 Å². The molecule has 0 bridgehead atoms. The summed E-state index contributed by atoms with van der Waals surface area (Å²) in [5, 5.41) is 12.6. The van der Waals surface area contributed by atoms with Crippen molar-refractivity contribution in [2.75, 3.05) is 25.0 Å². The molecule has 0 saturated carbocycles. The highest BCUT2D eigenvalue weighted by atomic mass is 15.1. The van der Waals surface area contributed by atoms with Gasteiger partial charge in [0.05, 0.1) is 6.07 Å². The maximum Gasteiger partial charge on any atom is 0.121 e. The van der Waals surface area contributed by atoms with Gasteiger partial charge in [-0.05, 0) is 38.9 Å². The van der Waals surface area contributed by atoms with Crippen LogP contribution in [0.5, 0.6) is 0 Å². The maximum atomic E-state index is 9.31. The molecule has 1 N–H and O–H groups in total. The van der Waals surface area contributed by atoms with E-state index in [0.717, 1.165) is 18.7 Å². The van der Waals surface area contributed by atoms with Crippen LogP contribution in [0, 0.1) is 18.3 Å². The first kappa shape index (κ1) is 14.5. The Morgan fingerprint density at radius 3 is 2.44 bits per heavy atom. The molecule has 3 heteroatoms. The summed E-state index contributed by atoms with van der Waals surface area (Å²) in [6, 6.07) is 10.7. The molecule has 1 unspecified atom stereocenters. The van der Waals surface area contributed by atoms with Crippen molar-refractivity contribution in [1.29, 1.82) is 5.26 Å². The number of likely N-dealkylation sites (N-methyl/N-ethyl adjacent to an activating group) is 1. The van der Waals surface area contributed by atoms with Crippen LogP contribution >= 0.6 is 0 Å². The summed E-state index contributed by atoms with van der Waals surface area (Å²) < 4.78 is 0. The van der Waals surface area contributed by atoms with Crippen molar-refractivity contribution < 1.29 is 0 Å². The van der Waals surface area contributed by atoms with Gasteiger partial charge in [-0.1, -0.05) is 24.6 Å². The SMILES string of the molecule is CCCNC(C)(C#N)CN(C)c1ccc(C)cc1. The summed E-state index contributed by atoms with van der Waals surface area (Å²) in [4.78, 5) is 2.12. The predicted octanol–water partition coefficient (Wildman–Crippen LogP) is 2.71. The van der Waals surface area contributed by atoms with E-state index in [2.05, 4.69) is 54.4 Å². The number of hydrogen-bond acceptors (Lipinski definition) is 3. The second-order valence-corrected chi connectivity index (χ2v) is 5.06. The minimum Gasteiger partial charge on any atom is -0.372 e. The zero-order chi connectivity index (χ0) is 13.6. The average molecular weight is 245 g/mol. The van der Waals surface area contributed by atoms with Crippen molar-refractivity contribution >= 4 is 5.69 Å². The van der Waals surface area contributed by atoms with E-state index in [1.54, 1.807) is 0 Å². The topological polar surface area (TPSA) is 39.1 Å². The fourth-order valence-corrected chi connectivity index (χ4v) is 1.90. The van der Waals surface area contributed by atoms with Crippen LogP contribution in [0.2, 0.25) is 0 Å². The van der Waals surface area contributed by atoms with Crippen LogP contribution in [0.3, 0.4) is 0 Å². The maximum absolute atomic E-state index is 9.31. The smallest absolute Gasteiger partial charge is 0.121 e. The molecule has 18 heavy (non-hydrogen) atoms. The minimum atomic E-state index is -0.504. The third-order valence-electron chi connectivity index (χ3n) is 3.04. The molecule has 0 radical (unpaired) electrons. The van der Waals surface area contributed by atoms with Crippen molar-refractivity contribution in [2.24, 2.45) is 0 Å². The van der Waals surface area contributed by atoms with Gasteiger partial charge < -0.3 is 4.90 Å². The number of nitriles is 1. The summed E-state index contributed by atoms with van der Waals surface area (Å²) in [6.07, 6.45) is 1.03. The van der Waals surface area contributed by atoms with E-state index < -0.39 is 5.54 Å². The summed E-state index contributed by atoms with van der Waals surface area (Å²) in [5.74, 6) is 0. The third kappa shape index (κ3) is 4.05. The monoisotopic (exact) mass is 245 g/mol. The third-order valence-corrected chi connectivity index (χ3v) is 3.04. The van der Waals surface area contributed by atoms with Gasteiger partial charge in [0.1, 0.15) is 5.54 Å². The molecule has 3 nitrogen and oxygen atoms in total. The Labute approximate surface area is 110 Å². The van der Waals surface area contributed by atoms with Gasteiger partial charge in [-0.25, -0.2) is 0 Å². The molecule has 0 saturated heterocycles. The Balaban J connectivity index is 2.70. The lowest BCUT2D eigenvalue weighted by molar-refractivity contribution is 0.449. The summed E-state index contributed by atoms with van der Waals surface area (Å²) in [7, 11) is 2.02. The van der Waals surface area contributed by atoms with E-state index in [1.807, 2.05) is 14.0 Å². The van der Waals surface area contributed by atoms with Gasteiger partial charge in [0, 0.05) is 19.3 Å². The lowest BCUT2D eigenvalue weighted by Crippen LogP contribution is -2.49. The molecule has 0 spiro atoms. The van der Waals surface area contributed by atoms with Crippen LogP contribution in [0.4, 0.5) is 5.69 Å². The van der Waals surface area contributed by atoms with Crippen LogP contribution in [-0.2, 0) is 0 Å². The first-order valence-electron chi connectivity index (χ1n) is 6.45. The Kier molecular flexibility index (Phi) is 5.18. The highest BCUT2D eigenvalue weighted by Crippen LogP contribution is 2.16. The lowest BCUT2D eigenvalue weighted by atomic mass is 10.0. The average Bonchev–Trinajstić information content (AvgIpc) is 2.37. The molecular weight excluding hydrogens is 222 g/mol. The molecule has 98 valence electrons. The molecule has 1 atom stereocenters. The molecule has 1 aromatic carbocycles. The van der Waals surface area contributed by atoms with E-state index in [9.17, 15) is 5.26 Å². The lowest BCUT2D eigenvalue weighted by Gasteiger charge is -2.30. The highest BCUT2D eigenvalue weighted by molar-refractivity contribution is 5.47. The highest BCUT2D eigenvalue weighted by Gasteiger charge is 2.24. The fourth-order valence-electron chi connectivity index (χ4n) is 1.90. The molecular formula is C15H23N3. The molecule has 0 fully saturated rings. The van der Waals surface area contributed by atoms with Crippen molar-refractivity contribution in [3.05, 3.63) is 29.8 Å². The molecule has 0 aliphatic carbocycles. The normalized spacial score (nSPS) is 13.7. The van der Waals surface area contributed by atoms with Crippen molar-refractivity contribution in [3.8, 4) is 6.07 Å². The van der Waals surface area contributed by atoms with E-state index >= 15 is 0 Å². The quantitative estimate of drug-likeness (QED) is 0.837. The van der Waals surface area contributed by atoms with Crippen molar-refractivity contribution in [3.63, 3.8) is 0 Å². The zero-order valence-corrected chi connectivity index (χ0v) is 11.8. The van der Waals surface area contributed by atoms with Crippen LogP contribution < -0.4 is 10.2 Å². The van der Waals surface area contributed by atoms with Crippen LogP contribution in [0.1, 0.15) is 25.8 Å². The second kappa shape index (κ2) is 6.42. The molecule has 1 aromatic rings. The summed E-state index contributed by atoms with van der Waals surface area (Å²) in [5.41, 5.74) is 1.88. The number of aryl methyl sites for hydroxylation is 1. The first-order chi connectivity index (χ1) is 8.50. The molecule has 1 rings (SSSR count). The molecule has 0 aromatic heterocycles. The Morgan fingerprint density at radius 2 is 1.94 bits per heavy atom. The summed E-state index contributed by atoms with van der Waals surface area (Å²) in [6.45, 7) is 7.67. The van der Waals surface area contributed by atoms with Gasteiger partial charge in [0.15, 0.2) is 0 Å². The van der Waals surface area contributed by atoms with Crippen LogP contribution in [-0.4, -0.2) is 25.7 Å². The van der Waals surface area contributed by atoms with E-state index in [1.165, 1.54) is 5.56 Å². The standard InChI is InChI=1S/C15H23N3/c1-5-10-17-15(3,11-16)12-18(4)14-8-6-13(2)7-9-14/h6-9,17H,5,10,12H2,1-4H3. The first-order valence-corrected chi connectivity index (χ1v) is 6.45. The van der Waals surface area contributed by atoms with Crippen LogP contribution in [0.25, 0.3) is 0 Å². The van der Waals surface area contributed by atoms with Gasteiger partial charge in [-0.3, -0.25) is 5.32 Å². The molecule has 0 heterocycles. The zero-order valence-electron chi connectivity index (χ0n) is 11.8. The van der Waals surface area contributed by atoms with Gasteiger partial charge >= 0.3 is 0 Å². The van der Waals surface area contributed by atoms with Gasteiger partial charge in [0.2, 0.25) is 0 Å². The van der Waals surface area contributed by atoms with Gasteiger partial charge in [-0.15, -0.1) is 0 Å². The van der Waals surface area contributed by atoms with Crippen molar-refractivity contribution in [2.45, 2.75) is 32.7 Å². The predicted molar refractivity (Wildman–Crippen MR) is 76.8 cm³/mol. The Morgan fingerprint density at radius 1 is 1.33 bits per heavy atom. The fraction of sp³-hybridized carbons (Fsp3) is 0.533. The number of anilines is 1. The van der Waals surface area contributed by atoms with Gasteiger partial charge in [0.25, 0.3) is 0 Å². The number of benzene rings is 1. The van der Waals surface area contributed by atoms with Gasteiger partial charge in [-0.2, -0.15) is 5.26 Å². The number of nitrogens with one attached hydrogen (secondary N) is 1. The molecule has 0 amide bonds. The summed E-state index contributed by atoms with van der Waals surface area (Å²) >= 11 is 0.